The fourth-order valence-electron chi connectivity index (χ4n) is 1.86. The summed E-state index contributed by atoms with van der Waals surface area (Å²) in [7, 11) is 3.36. The number of benzene rings is 1. The summed E-state index contributed by atoms with van der Waals surface area (Å²) in [6, 6.07) is 6.11. The van der Waals surface area contributed by atoms with E-state index >= 15 is 0 Å². The Bertz CT molecular complexity index is 366. The third kappa shape index (κ3) is 5.94. The average Bonchev–Trinajstić information content (AvgIpc) is 2.38. The molecule has 0 saturated carbocycles. The van der Waals surface area contributed by atoms with Gasteiger partial charge in [0.1, 0.15) is 0 Å². The van der Waals surface area contributed by atoms with Crippen LogP contribution >= 0.6 is 0 Å². The standard InChI is InChI=1S/C15H25NO3/c1-12(16)10-13-6-7-14(18-3)15(11-13)19-9-5-4-8-17-2/h6-7,11-12H,4-5,8-10,16H2,1-3H3. The minimum atomic E-state index is 0.142. The van der Waals surface area contributed by atoms with Crippen molar-refractivity contribution < 1.29 is 14.2 Å². The van der Waals surface area contributed by atoms with Gasteiger partial charge in [-0.1, -0.05) is 6.07 Å². The van der Waals surface area contributed by atoms with Gasteiger partial charge in [-0.15, -0.1) is 0 Å². The molecule has 0 aliphatic rings. The van der Waals surface area contributed by atoms with Gasteiger partial charge in [-0.3, -0.25) is 0 Å². The quantitative estimate of drug-likeness (QED) is 0.698. The SMILES string of the molecule is COCCCCOc1cc(CC(C)N)ccc1OC. The summed E-state index contributed by atoms with van der Waals surface area (Å²) in [4.78, 5) is 0. The van der Waals surface area contributed by atoms with Crippen LogP contribution in [-0.2, 0) is 11.2 Å². The van der Waals surface area contributed by atoms with E-state index in [4.69, 9.17) is 19.9 Å². The first-order valence-corrected chi connectivity index (χ1v) is 6.71. The molecule has 0 saturated heterocycles. The lowest BCUT2D eigenvalue weighted by Crippen LogP contribution is -2.17. The Morgan fingerprint density at radius 2 is 1.84 bits per heavy atom. The number of rotatable bonds is 9. The van der Waals surface area contributed by atoms with Gasteiger partial charge in [-0.2, -0.15) is 0 Å². The maximum atomic E-state index is 5.81. The van der Waals surface area contributed by atoms with E-state index in [2.05, 4.69) is 0 Å². The molecular formula is C15H25NO3. The Hall–Kier alpha value is -1.26. The van der Waals surface area contributed by atoms with E-state index in [0.29, 0.717) is 6.61 Å². The molecule has 1 unspecified atom stereocenters. The molecule has 0 aliphatic heterocycles. The van der Waals surface area contributed by atoms with Crippen LogP contribution in [0.4, 0.5) is 0 Å². The van der Waals surface area contributed by atoms with Crippen molar-refractivity contribution >= 4 is 0 Å². The van der Waals surface area contributed by atoms with Gasteiger partial charge < -0.3 is 19.9 Å². The molecule has 4 nitrogen and oxygen atoms in total. The smallest absolute Gasteiger partial charge is 0.161 e. The molecular weight excluding hydrogens is 242 g/mol. The zero-order valence-electron chi connectivity index (χ0n) is 12.1. The van der Waals surface area contributed by atoms with E-state index < -0.39 is 0 Å². The Balaban J connectivity index is 2.57. The van der Waals surface area contributed by atoms with Crippen LogP contribution in [-0.4, -0.2) is 33.5 Å². The minimum absolute atomic E-state index is 0.142. The highest BCUT2D eigenvalue weighted by Crippen LogP contribution is 2.28. The van der Waals surface area contributed by atoms with Gasteiger partial charge in [0, 0.05) is 19.8 Å². The van der Waals surface area contributed by atoms with Gasteiger partial charge in [-0.05, 0) is 43.9 Å². The fourth-order valence-corrected chi connectivity index (χ4v) is 1.86. The molecule has 0 bridgehead atoms. The van der Waals surface area contributed by atoms with E-state index in [1.165, 1.54) is 5.56 Å². The van der Waals surface area contributed by atoms with Crippen LogP contribution in [0.2, 0.25) is 0 Å². The fraction of sp³-hybridized carbons (Fsp3) is 0.600. The van der Waals surface area contributed by atoms with Crippen molar-refractivity contribution in [2.24, 2.45) is 5.73 Å². The average molecular weight is 267 g/mol. The summed E-state index contributed by atoms with van der Waals surface area (Å²) >= 11 is 0. The zero-order valence-corrected chi connectivity index (χ0v) is 12.1. The van der Waals surface area contributed by atoms with Gasteiger partial charge >= 0.3 is 0 Å². The first-order valence-electron chi connectivity index (χ1n) is 6.71. The third-order valence-corrected chi connectivity index (χ3v) is 2.79. The highest BCUT2D eigenvalue weighted by atomic mass is 16.5. The highest BCUT2D eigenvalue weighted by Gasteiger charge is 2.07. The van der Waals surface area contributed by atoms with Crippen LogP contribution in [0.15, 0.2) is 18.2 Å². The van der Waals surface area contributed by atoms with Gasteiger partial charge in [0.2, 0.25) is 0 Å². The number of nitrogens with two attached hydrogens (primary N) is 1. The molecule has 0 radical (unpaired) electrons. The predicted molar refractivity (Wildman–Crippen MR) is 77.0 cm³/mol. The van der Waals surface area contributed by atoms with Crippen molar-refractivity contribution in [1.82, 2.24) is 0 Å². The molecule has 0 aromatic heterocycles. The number of hydrogen-bond donors (Lipinski definition) is 1. The maximum Gasteiger partial charge on any atom is 0.161 e. The molecule has 1 atom stereocenters. The Morgan fingerprint density at radius 1 is 1.11 bits per heavy atom. The number of unbranched alkanes of at least 4 members (excludes halogenated alkanes) is 1. The number of hydrogen-bond acceptors (Lipinski definition) is 4. The second-order valence-electron chi connectivity index (χ2n) is 4.71. The summed E-state index contributed by atoms with van der Waals surface area (Å²) < 4.78 is 16.1. The Morgan fingerprint density at radius 3 is 2.47 bits per heavy atom. The number of methoxy groups -OCH3 is 2. The van der Waals surface area contributed by atoms with E-state index in [0.717, 1.165) is 37.4 Å². The second kappa shape index (κ2) is 8.77. The van der Waals surface area contributed by atoms with Gasteiger partial charge in [0.05, 0.1) is 13.7 Å². The largest absolute Gasteiger partial charge is 0.493 e. The Labute approximate surface area is 115 Å². The molecule has 0 heterocycles. The summed E-state index contributed by atoms with van der Waals surface area (Å²) in [5, 5.41) is 0. The van der Waals surface area contributed by atoms with Crippen molar-refractivity contribution in [2.45, 2.75) is 32.2 Å². The van der Waals surface area contributed by atoms with Gasteiger partial charge in [0.15, 0.2) is 11.5 Å². The van der Waals surface area contributed by atoms with Crippen molar-refractivity contribution in [3.8, 4) is 11.5 Å². The topological polar surface area (TPSA) is 53.7 Å². The maximum absolute atomic E-state index is 5.81. The van der Waals surface area contributed by atoms with Crippen molar-refractivity contribution in [1.29, 1.82) is 0 Å². The molecule has 0 spiro atoms. The summed E-state index contributed by atoms with van der Waals surface area (Å²) in [5.41, 5.74) is 6.98. The van der Waals surface area contributed by atoms with Crippen LogP contribution in [0.3, 0.4) is 0 Å². The van der Waals surface area contributed by atoms with Crippen LogP contribution < -0.4 is 15.2 Å². The van der Waals surface area contributed by atoms with Gasteiger partial charge in [-0.25, -0.2) is 0 Å². The van der Waals surface area contributed by atoms with Crippen molar-refractivity contribution in [2.75, 3.05) is 27.4 Å². The molecule has 4 heteroatoms. The molecule has 108 valence electrons. The molecule has 1 rings (SSSR count). The van der Waals surface area contributed by atoms with Crippen LogP contribution in [0.1, 0.15) is 25.3 Å². The third-order valence-electron chi connectivity index (χ3n) is 2.79. The number of ether oxygens (including phenoxy) is 3. The highest BCUT2D eigenvalue weighted by molar-refractivity contribution is 5.43. The molecule has 0 amide bonds. The Kier molecular flexibility index (Phi) is 7.30. The lowest BCUT2D eigenvalue weighted by molar-refractivity contribution is 0.183. The first-order chi connectivity index (χ1) is 9.17. The first kappa shape index (κ1) is 15.8. The van der Waals surface area contributed by atoms with Gasteiger partial charge in [0.25, 0.3) is 0 Å². The lowest BCUT2D eigenvalue weighted by Gasteiger charge is -2.13. The van der Waals surface area contributed by atoms with Crippen LogP contribution in [0.25, 0.3) is 0 Å². The van der Waals surface area contributed by atoms with Crippen LogP contribution in [0.5, 0.6) is 11.5 Å². The van der Waals surface area contributed by atoms with E-state index in [-0.39, 0.29) is 6.04 Å². The second-order valence-corrected chi connectivity index (χ2v) is 4.71. The molecule has 19 heavy (non-hydrogen) atoms. The molecule has 1 aromatic rings. The minimum Gasteiger partial charge on any atom is -0.493 e. The van der Waals surface area contributed by atoms with Crippen molar-refractivity contribution in [3.05, 3.63) is 23.8 Å². The van der Waals surface area contributed by atoms with Crippen LogP contribution in [0, 0.1) is 0 Å². The summed E-state index contributed by atoms with van der Waals surface area (Å²) in [6.45, 7) is 3.43. The lowest BCUT2D eigenvalue weighted by atomic mass is 10.1. The molecule has 1 aromatic carbocycles. The monoisotopic (exact) mass is 267 g/mol. The summed E-state index contributed by atoms with van der Waals surface area (Å²) in [6.07, 6.45) is 2.80. The van der Waals surface area contributed by atoms with E-state index in [9.17, 15) is 0 Å². The summed E-state index contributed by atoms with van der Waals surface area (Å²) in [5.74, 6) is 1.55. The normalized spacial score (nSPS) is 12.2. The molecule has 0 fully saturated rings. The molecule has 0 aliphatic carbocycles. The van der Waals surface area contributed by atoms with E-state index in [1.54, 1.807) is 14.2 Å². The van der Waals surface area contributed by atoms with Crippen molar-refractivity contribution in [3.63, 3.8) is 0 Å². The molecule has 2 N–H and O–H groups in total. The zero-order chi connectivity index (χ0) is 14.1. The van der Waals surface area contributed by atoms with E-state index in [1.807, 2.05) is 25.1 Å². The predicted octanol–water partition coefficient (Wildman–Crippen LogP) is 2.39.